The summed E-state index contributed by atoms with van der Waals surface area (Å²) >= 11 is 0. The van der Waals surface area contributed by atoms with E-state index in [1.165, 1.54) is 6.92 Å². The van der Waals surface area contributed by atoms with Gasteiger partial charge in [-0.1, -0.05) is 91.0 Å². The Kier molecular flexibility index (Phi) is 5.73. The average Bonchev–Trinajstić information content (AvgIpc) is 2.99. The molecular weight excluding hydrogens is 380 g/mol. The van der Waals surface area contributed by atoms with E-state index in [2.05, 4.69) is 0 Å². The van der Waals surface area contributed by atoms with Gasteiger partial charge in [-0.05, 0) is 23.6 Å². The molecule has 1 saturated heterocycles. The van der Waals surface area contributed by atoms with Crippen LogP contribution in [0.1, 0.15) is 23.6 Å². The van der Waals surface area contributed by atoms with Crippen molar-refractivity contribution >= 4 is 0 Å². The molecule has 1 fully saturated rings. The van der Waals surface area contributed by atoms with E-state index in [1.807, 2.05) is 91.0 Å². The lowest BCUT2D eigenvalue weighted by Crippen LogP contribution is -2.48. The number of rotatable bonds is 6. The zero-order valence-electron chi connectivity index (χ0n) is 16.8. The number of benzene rings is 3. The van der Waals surface area contributed by atoms with Crippen LogP contribution in [0.15, 0.2) is 91.0 Å². The van der Waals surface area contributed by atoms with Crippen LogP contribution < -0.4 is 0 Å². The maximum absolute atomic E-state index is 10.7. The lowest BCUT2D eigenvalue weighted by Gasteiger charge is -2.38. The Morgan fingerprint density at radius 3 is 1.53 bits per heavy atom. The average molecular weight is 406 g/mol. The molecule has 3 aromatic rings. The summed E-state index contributed by atoms with van der Waals surface area (Å²) in [6.07, 6.45) is -3.78. The Balaban J connectivity index is 1.82. The Labute approximate surface area is 176 Å². The molecule has 5 heteroatoms. The van der Waals surface area contributed by atoms with Gasteiger partial charge in [-0.25, -0.2) is 0 Å². The van der Waals surface area contributed by atoms with Gasteiger partial charge < -0.3 is 24.8 Å². The molecule has 30 heavy (non-hydrogen) atoms. The zero-order valence-corrected chi connectivity index (χ0v) is 16.8. The van der Waals surface area contributed by atoms with Crippen molar-refractivity contribution in [1.82, 2.24) is 0 Å². The highest BCUT2D eigenvalue weighted by molar-refractivity contribution is 5.47. The minimum absolute atomic E-state index is 0.0419. The maximum Gasteiger partial charge on any atom is 0.184 e. The van der Waals surface area contributed by atoms with Gasteiger partial charge in [-0.2, -0.15) is 0 Å². The highest BCUT2D eigenvalue weighted by atomic mass is 16.7. The third kappa shape index (κ3) is 3.55. The summed E-state index contributed by atoms with van der Waals surface area (Å²) in [6.45, 7) is 1.40. The molecule has 1 heterocycles. The lowest BCUT2D eigenvalue weighted by molar-refractivity contribution is -0.147. The summed E-state index contributed by atoms with van der Waals surface area (Å²) in [7, 11) is 0. The summed E-state index contributed by atoms with van der Waals surface area (Å²) < 4.78 is 12.0. The first-order valence-electron chi connectivity index (χ1n) is 10.0. The summed E-state index contributed by atoms with van der Waals surface area (Å²) in [5.74, 6) is 0. The van der Waals surface area contributed by atoms with Crippen LogP contribution >= 0.6 is 0 Å². The normalized spacial score (nSPS) is 26.6. The Morgan fingerprint density at radius 2 is 1.20 bits per heavy atom. The molecule has 0 bridgehead atoms. The minimum atomic E-state index is -1.64. The van der Waals surface area contributed by atoms with E-state index in [0.717, 1.165) is 16.7 Å². The molecule has 0 aromatic heterocycles. The first-order chi connectivity index (χ1) is 14.5. The van der Waals surface area contributed by atoms with Gasteiger partial charge in [-0.3, -0.25) is 0 Å². The predicted molar refractivity (Wildman–Crippen MR) is 113 cm³/mol. The molecule has 3 N–H and O–H groups in total. The van der Waals surface area contributed by atoms with Gasteiger partial charge in [0, 0.05) is 0 Å². The highest BCUT2D eigenvalue weighted by Gasteiger charge is 2.52. The number of aliphatic hydroxyl groups excluding tert-OH is 2. The van der Waals surface area contributed by atoms with Crippen molar-refractivity contribution in [1.29, 1.82) is 0 Å². The van der Waals surface area contributed by atoms with Crippen LogP contribution in [-0.2, 0) is 15.1 Å². The molecule has 0 radical (unpaired) electrons. The molecule has 0 spiro atoms. The van der Waals surface area contributed by atoms with E-state index >= 15 is 0 Å². The summed E-state index contributed by atoms with van der Waals surface area (Å²) in [6, 6.07) is 29.5. The molecule has 4 atom stereocenters. The van der Waals surface area contributed by atoms with Crippen LogP contribution in [0.25, 0.3) is 0 Å². The molecule has 3 aromatic carbocycles. The Hall–Kier alpha value is -2.54. The zero-order chi connectivity index (χ0) is 21.2. The van der Waals surface area contributed by atoms with Crippen molar-refractivity contribution in [2.45, 2.75) is 36.6 Å². The molecule has 4 rings (SSSR count). The van der Waals surface area contributed by atoms with Crippen LogP contribution in [0.3, 0.4) is 0 Å². The fraction of sp³-hybridized carbons (Fsp3) is 0.280. The van der Waals surface area contributed by atoms with E-state index in [0.29, 0.717) is 0 Å². The second-order valence-electron chi connectivity index (χ2n) is 7.78. The van der Waals surface area contributed by atoms with E-state index in [-0.39, 0.29) is 6.61 Å². The van der Waals surface area contributed by atoms with Crippen molar-refractivity contribution in [3.63, 3.8) is 0 Å². The Bertz CT molecular complexity index is 846. The molecule has 5 nitrogen and oxygen atoms in total. The molecule has 156 valence electrons. The van der Waals surface area contributed by atoms with Crippen molar-refractivity contribution in [3.05, 3.63) is 108 Å². The van der Waals surface area contributed by atoms with E-state index in [1.54, 1.807) is 0 Å². The summed E-state index contributed by atoms with van der Waals surface area (Å²) in [5, 5.41) is 30.7. The van der Waals surface area contributed by atoms with Gasteiger partial charge in [0.25, 0.3) is 0 Å². The van der Waals surface area contributed by atoms with E-state index in [4.69, 9.17) is 9.47 Å². The predicted octanol–water partition coefficient (Wildman–Crippen LogP) is 2.82. The second-order valence-corrected chi connectivity index (χ2v) is 7.78. The first kappa shape index (κ1) is 20.7. The topological polar surface area (TPSA) is 79.2 Å². The van der Waals surface area contributed by atoms with Crippen molar-refractivity contribution in [2.24, 2.45) is 0 Å². The van der Waals surface area contributed by atoms with Crippen LogP contribution in [0.2, 0.25) is 0 Å². The smallest absolute Gasteiger partial charge is 0.184 e. The number of ether oxygens (including phenoxy) is 2. The molecule has 1 aliphatic rings. The highest BCUT2D eigenvalue weighted by Crippen LogP contribution is 2.41. The van der Waals surface area contributed by atoms with Gasteiger partial charge in [0.1, 0.15) is 23.4 Å². The molecular formula is C25H26O5. The quantitative estimate of drug-likeness (QED) is 0.549. The van der Waals surface area contributed by atoms with Gasteiger partial charge in [-0.15, -0.1) is 0 Å². The standard InChI is InChI=1S/C25H26O5/c1-24(28)21(30-23(27)22(24)26)17-29-25(18-11-5-2-6-12-18,19-13-7-3-8-14-19)20-15-9-4-10-16-20/h2-16,21-23,26-28H,17H2,1H3/t21-,22?,23-,24-/m1/s1. The number of hydrogen-bond donors (Lipinski definition) is 3. The van der Waals surface area contributed by atoms with Crippen LogP contribution in [0.5, 0.6) is 0 Å². The molecule has 1 aliphatic heterocycles. The molecule has 1 unspecified atom stereocenters. The molecule has 0 aliphatic carbocycles. The largest absolute Gasteiger partial charge is 0.385 e. The fourth-order valence-corrected chi connectivity index (χ4v) is 4.04. The number of hydrogen-bond acceptors (Lipinski definition) is 5. The Morgan fingerprint density at radius 1 is 0.800 bits per heavy atom. The summed E-state index contributed by atoms with van der Waals surface area (Å²) in [5.41, 5.74) is 0.139. The van der Waals surface area contributed by atoms with Gasteiger partial charge in [0.2, 0.25) is 0 Å². The van der Waals surface area contributed by atoms with E-state index in [9.17, 15) is 15.3 Å². The van der Waals surface area contributed by atoms with Crippen LogP contribution in [0, 0.1) is 0 Å². The van der Waals surface area contributed by atoms with Gasteiger partial charge >= 0.3 is 0 Å². The monoisotopic (exact) mass is 406 g/mol. The van der Waals surface area contributed by atoms with Crippen LogP contribution in [0.4, 0.5) is 0 Å². The van der Waals surface area contributed by atoms with Crippen LogP contribution in [-0.4, -0.2) is 46.0 Å². The van der Waals surface area contributed by atoms with Crippen molar-refractivity contribution < 1.29 is 24.8 Å². The molecule has 0 saturated carbocycles. The van der Waals surface area contributed by atoms with Crippen molar-refractivity contribution in [3.8, 4) is 0 Å². The third-order valence-corrected chi connectivity index (χ3v) is 5.82. The second kappa shape index (κ2) is 8.30. The summed E-state index contributed by atoms with van der Waals surface area (Å²) in [4.78, 5) is 0. The van der Waals surface area contributed by atoms with Crippen molar-refractivity contribution in [2.75, 3.05) is 6.61 Å². The van der Waals surface area contributed by atoms with Gasteiger partial charge in [0.15, 0.2) is 6.29 Å². The lowest BCUT2D eigenvalue weighted by atomic mass is 9.80. The van der Waals surface area contributed by atoms with Gasteiger partial charge in [0.05, 0.1) is 6.61 Å². The third-order valence-electron chi connectivity index (χ3n) is 5.82. The minimum Gasteiger partial charge on any atom is -0.385 e. The molecule has 0 amide bonds. The SMILES string of the molecule is C[C@]1(O)C(O)[C@H](O)O[C@@H]1COC(c1ccccc1)(c1ccccc1)c1ccccc1. The number of aliphatic hydroxyl groups is 3. The van der Waals surface area contributed by atoms with E-state index < -0.39 is 29.7 Å². The first-order valence-corrected chi connectivity index (χ1v) is 10.0. The fourth-order valence-electron chi connectivity index (χ4n) is 4.04. The maximum atomic E-state index is 10.7.